The van der Waals surface area contributed by atoms with Crippen LogP contribution in [-0.2, 0) is 0 Å². The molecule has 0 unspecified atom stereocenters. The first-order chi connectivity index (χ1) is 12.3. The van der Waals surface area contributed by atoms with E-state index in [0.717, 1.165) is 41.9 Å². The van der Waals surface area contributed by atoms with Crippen LogP contribution in [0.3, 0.4) is 0 Å². The first-order valence-electron chi connectivity index (χ1n) is 9.02. The lowest BCUT2D eigenvalue weighted by molar-refractivity contribution is 0.263. The minimum absolute atomic E-state index is 0.218. The van der Waals surface area contributed by atoms with Gasteiger partial charge in [-0.15, -0.1) is 0 Å². The zero-order valence-corrected chi connectivity index (χ0v) is 14.3. The van der Waals surface area contributed by atoms with E-state index in [-0.39, 0.29) is 5.82 Å². The second-order valence-electron chi connectivity index (χ2n) is 6.63. The summed E-state index contributed by atoms with van der Waals surface area (Å²) in [5, 5.41) is 1.13. The first kappa shape index (κ1) is 16.2. The van der Waals surface area contributed by atoms with E-state index in [4.69, 9.17) is 4.74 Å². The standard InChI is InChI=1S/C21H23FN2O/c22-18-4-6-19(7-5-18)24-14-10-17-16-20(8-9-21(17)24)25-15-3-13-23-11-1-2-12-23/h4-10,14,16H,1-3,11-13,15H2. The van der Waals surface area contributed by atoms with Crippen LogP contribution in [0, 0.1) is 5.82 Å². The number of rotatable bonds is 6. The van der Waals surface area contributed by atoms with Crippen molar-refractivity contribution >= 4 is 10.9 Å². The summed E-state index contributed by atoms with van der Waals surface area (Å²) in [7, 11) is 0. The fourth-order valence-corrected chi connectivity index (χ4v) is 3.52. The van der Waals surface area contributed by atoms with Gasteiger partial charge in [-0.1, -0.05) is 0 Å². The van der Waals surface area contributed by atoms with Crippen molar-refractivity contribution in [2.75, 3.05) is 26.2 Å². The third-order valence-electron chi connectivity index (χ3n) is 4.85. The normalized spacial score (nSPS) is 15.1. The van der Waals surface area contributed by atoms with Crippen molar-refractivity contribution in [2.24, 2.45) is 0 Å². The van der Waals surface area contributed by atoms with Crippen molar-refractivity contribution in [1.82, 2.24) is 9.47 Å². The molecule has 1 aliphatic rings. The van der Waals surface area contributed by atoms with Gasteiger partial charge < -0.3 is 14.2 Å². The number of hydrogen-bond donors (Lipinski definition) is 0. The number of benzene rings is 2. The molecule has 0 amide bonds. The Hall–Kier alpha value is -2.33. The van der Waals surface area contributed by atoms with Crippen LogP contribution in [0.25, 0.3) is 16.6 Å². The second kappa shape index (κ2) is 7.28. The van der Waals surface area contributed by atoms with Crippen molar-refractivity contribution in [2.45, 2.75) is 19.3 Å². The van der Waals surface area contributed by atoms with E-state index in [2.05, 4.69) is 27.7 Å². The lowest BCUT2D eigenvalue weighted by Crippen LogP contribution is -2.21. The van der Waals surface area contributed by atoms with Gasteiger partial charge in [0.2, 0.25) is 0 Å². The minimum Gasteiger partial charge on any atom is -0.494 e. The van der Waals surface area contributed by atoms with E-state index in [1.165, 1.54) is 38.1 Å². The van der Waals surface area contributed by atoms with Gasteiger partial charge in [0.05, 0.1) is 12.1 Å². The molecule has 1 aliphatic heterocycles. The highest BCUT2D eigenvalue weighted by molar-refractivity contribution is 5.83. The van der Waals surface area contributed by atoms with E-state index in [1.54, 1.807) is 12.1 Å². The van der Waals surface area contributed by atoms with Gasteiger partial charge in [-0.25, -0.2) is 4.39 Å². The van der Waals surface area contributed by atoms with E-state index in [0.29, 0.717) is 0 Å². The summed E-state index contributed by atoms with van der Waals surface area (Å²) in [6.07, 6.45) is 5.74. The molecule has 3 aromatic rings. The molecule has 0 saturated carbocycles. The zero-order chi connectivity index (χ0) is 17.1. The third-order valence-corrected chi connectivity index (χ3v) is 4.85. The van der Waals surface area contributed by atoms with Crippen molar-refractivity contribution in [3.63, 3.8) is 0 Å². The van der Waals surface area contributed by atoms with Crippen molar-refractivity contribution < 1.29 is 9.13 Å². The summed E-state index contributed by atoms with van der Waals surface area (Å²) >= 11 is 0. The van der Waals surface area contributed by atoms with Crippen LogP contribution in [0.15, 0.2) is 54.7 Å². The lowest BCUT2D eigenvalue weighted by Gasteiger charge is -2.14. The summed E-state index contributed by atoms with van der Waals surface area (Å²) in [6.45, 7) is 4.36. The molecule has 0 N–H and O–H groups in total. The minimum atomic E-state index is -0.218. The molecule has 1 fully saturated rings. The SMILES string of the molecule is Fc1ccc(-n2ccc3cc(OCCCN4CCCC4)ccc32)cc1. The molecular weight excluding hydrogens is 315 g/mol. The largest absolute Gasteiger partial charge is 0.494 e. The fourth-order valence-electron chi connectivity index (χ4n) is 3.52. The first-order valence-corrected chi connectivity index (χ1v) is 9.02. The molecule has 0 radical (unpaired) electrons. The average molecular weight is 338 g/mol. The number of halogens is 1. The number of ether oxygens (including phenoxy) is 1. The second-order valence-corrected chi connectivity index (χ2v) is 6.63. The molecule has 1 aromatic heterocycles. The smallest absolute Gasteiger partial charge is 0.123 e. The molecule has 130 valence electrons. The predicted molar refractivity (Wildman–Crippen MR) is 99.0 cm³/mol. The maximum Gasteiger partial charge on any atom is 0.123 e. The predicted octanol–water partition coefficient (Wildman–Crippen LogP) is 4.63. The summed E-state index contributed by atoms with van der Waals surface area (Å²) in [6, 6.07) is 14.8. The molecular formula is C21H23FN2O. The Morgan fingerprint density at radius 2 is 1.76 bits per heavy atom. The van der Waals surface area contributed by atoms with Gasteiger partial charge in [0.15, 0.2) is 0 Å². The van der Waals surface area contributed by atoms with Gasteiger partial charge in [-0.3, -0.25) is 0 Å². The van der Waals surface area contributed by atoms with Crippen molar-refractivity contribution in [1.29, 1.82) is 0 Å². The Morgan fingerprint density at radius 1 is 0.960 bits per heavy atom. The highest BCUT2D eigenvalue weighted by atomic mass is 19.1. The van der Waals surface area contributed by atoms with Crippen LogP contribution >= 0.6 is 0 Å². The van der Waals surface area contributed by atoms with Gasteiger partial charge in [-0.2, -0.15) is 0 Å². The molecule has 0 atom stereocenters. The van der Waals surface area contributed by atoms with E-state index in [9.17, 15) is 4.39 Å². The maximum absolute atomic E-state index is 13.1. The molecule has 2 heterocycles. The Kier molecular flexibility index (Phi) is 4.70. The number of likely N-dealkylation sites (tertiary alicyclic amines) is 1. The van der Waals surface area contributed by atoms with Gasteiger partial charge in [0.25, 0.3) is 0 Å². The van der Waals surface area contributed by atoms with Crippen LogP contribution in [0.4, 0.5) is 4.39 Å². The summed E-state index contributed by atoms with van der Waals surface area (Å²) in [4.78, 5) is 2.51. The van der Waals surface area contributed by atoms with Crippen molar-refractivity contribution in [3.8, 4) is 11.4 Å². The molecule has 25 heavy (non-hydrogen) atoms. The monoisotopic (exact) mass is 338 g/mol. The summed E-state index contributed by atoms with van der Waals surface area (Å²) in [5.74, 6) is 0.690. The molecule has 1 saturated heterocycles. The Labute approximate surface area is 147 Å². The van der Waals surface area contributed by atoms with Crippen LogP contribution < -0.4 is 4.74 Å². The number of hydrogen-bond acceptors (Lipinski definition) is 2. The Balaban J connectivity index is 1.41. The lowest BCUT2D eigenvalue weighted by atomic mass is 10.2. The van der Waals surface area contributed by atoms with Gasteiger partial charge in [0, 0.05) is 23.8 Å². The molecule has 0 bridgehead atoms. The summed E-state index contributed by atoms with van der Waals surface area (Å²) < 4.78 is 21.1. The molecule has 3 nitrogen and oxygen atoms in total. The highest BCUT2D eigenvalue weighted by Crippen LogP contribution is 2.25. The molecule has 4 heteroatoms. The maximum atomic E-state index is 13.1. The fraction of sp³-hybridized carbons (Fsp3) is 0.333. The van der Waals surface area contributed by atoms with Crippen LogP contribution in [0.5, 0.6) is 5.75 Å². The van der Waals surface area contributed by atoms with Crippen LogP contribution in [-0.4, -0.2) is 35.7 Å². The third kappa shape index (κ3) is 3.69. The molecule has 4 rings (SSSR count). The number of fused-ring (bicyclic) bond motifs is 1. The average Bonchev–Trinajstić information content (AvgIpc) is 3.29. The summed E-state index contributed by atoms with van der Waals surface area (Å²) in [5.41, 5.74) is 2.05. The molecule has 0 spiro atoms. The topological polar surface area (TPSA) is 17.4 Å². The number of aromatic nitrogens is 1. The quantitative estimate of drug-likeness (QED) is 0.610. The van der Waals surface area contributed by atoms with E-state index >= 15 is 0 Å². The van der Waals surface area contributed by atoms with Crippen molar-refractivity contribution in [3.05, 3.63) is 60.5 Å². The van der Waals surface area contributed by atoms with Gasteiger partial charge >= 0.3 is 0 Å². The zero-order valence-electron chi connectivity index (χ0n) is 14.3. The van der Waals surface area contributed by atoms with Crippen LogP contribution in [0.2, 0.25) is 0 Å². The van der Waals surface area contributed by atoms with E-state index in [1.807, 2.05) is 12.3 Å². The molecule has 0 aliphatic carbocycles. The van der Waals surface area contributed by atoms with Gasteiger partial charge in [0.1, 0.15) is 11.6 Å². The Bertz CT molecular complexity index is 835. The number of nitrogens with zero attached hydrogens (tertiary/aromatic N) is 2. The molecule has 2 aromatic carbocycles. The highest BCUT2D eigenvalue weighted by Gasteiger charge is 2.10. The van der Waals surface area contributed by atoms with Gasteiger partial charge in [-0.05, 0) is 80.9 Å². The Morgan fingerprint density at radius 3 is 2.56 bits per heavy atom. The van der Waals surface area contributed by atoms with Crippen LogP contribution in [0.1, 0.15) is 19.3 Å². The van der Waals surface area contributed by atoms with E-state index < -0.39 is 0 Å².